The first kappa shape index (κ1) is 18.0. The van der Waals surface area contributed by atoms with Crippen LogP contribution in [0.1, 0.15) is 79.6 Å². The van der Waals surface area contributed by atoms with Gasteiger partial charge in [0, 0.05) is 13.2 Å². The molecule has 0 aromatic heterocycles. The number of hydrogen-bond donors (Lipinski definition) is 1. The van der Waals surface area contributed by atoms with Crippen LogP contribution in [-0.4, -0.2) is 25.3 Å². The molecule has 1 fully saturated rings. The van der Waals surface area contributed by atoms with Crippen LogP contribution in [0.5, 0.6) is 0 Å². The third-order valence-corrected chi connectivity index (χ3v) is 4.67. The van der Waals surface area contributed by atoms with E-state index in [-0.39, 0.29) is 5.60 Å². The molecule has 20 heavy (non-hydrogen) atoms. The van der Waals surface area contributed by atoms with Crippen LogP contribution in [0.2, 0.25) is 0 Å². The lowest BCUT2D eigenvalue weighted by atomic mass is 9.77. The molecule has 1 saturated carbocycles. The second kappa shape index (κ2) is 8.38. The lowest BCUT2D eigenvalue weighted by Gasteiger charge is -2.41. The van der Waals surface area contributed by atoms with Crippen molar-refractivity contribution in [3.63, 3.8) is 0 Å². The summed E-state index contributed by atoms with van der Waals surface area (Å²) in [6.07, 6.45) is 9.08. The average Bonchev–Trinajstić information content (AvgIpc) is 2.38. The summed E-state index contributed by atoms with van der Waals surface area (Å²) < 4.78 is 6.41. The van der Waals surface area contributed by atoms with Crippen LogP contribution < -0.4 is 5.32 Å². The van der Waals surface area contributed by atoms with Crippen LogP contribution in [0.4, 0.5) is 0 Å². The Morgan fingerprint density at radius 2 is 1.80 bits per heavy atom. The highest BCUT2D eigenvalue weighted by atomic mass is 16.5. The van der Waals surface area contributed by atoms with Crippen molar-refractivity contribution in [2.24, 2.45) is 11.3 Å². The molecule has 0 aromatic rings. The molecule has 0 aliphatic heterocycles. The molecule has 1 aliphatic carbocycles. The lowest BCUT2D eigenvalue weighted by molar-refractivity contribution is -0.0829. The second-order valence-corrected chi connectivity index (χ2v) is 7.85. The van der Waals surface area contributed by atoms with Gasteiger partial charge in [0.15, 0.2) is 0 Å². The Bertz CT molecular complexity index is 249. The minimum Gasteiger partial charge on any atom is -0.374 e. The van der Waals surface area contributed by atoms with Crippen LogP contribution >= 0.6 is 0 Å². The Labute approximate surface area is 127 Å². The van der Waals surface area contributed by atoms with E-state index in [1.54, 1.807) is 0 Å². The molecule has 0 unspecified atom stereocenters. The minimum absolute atomic E-state index is 0.117. The van der Waals surface area contributed by atoms with Crippen LogP contribution in [0.25, 0.3) is 0 Å². The van der Waals surface area contributed by atoms with Gasteiger partial charge in [-0.25, -0.2) is 0 Å². The highest BCUT2D eigenvalue weighted by Gasteiger charge is 2.35. The Kier molecular flexibility index (Phi) is 7.53. The molecule has 0 atom stereocenters. The zero-order valence-corrected chi connectivity index (χ0v) is 14.6. The highest BCUT2D eigenvalue weighted by molar-refractivity contribution is 4.89. The van der Waals surface area contributed by atoms with Gasteiger partial charge in [-0.2, -0.15) is 0 Å². The number of hydrogen-bond acceptors (Lipinski definition) is 2. The maximum absolute atomic E-state index is 6.41. The predicted molar refractivity (Wildman–Crippen MR) is 88.2 cm³/mol. The van der Waals surface area contributed by atoms with E-state index in [0.717, 1.165) is 32.0 Å². The molecule has 2 heteroatoms. The van der Waals surface area contributed by atoms with Gasteiger partial charge < -0.3 is 10.1 Å². The summed E-state index contributed by atoms with van der Waals surface area (Å²) in [5.74, 6) is 0.945. The van der Waals surface area contributed by atoms with Crippen molar-refractivity contribution in [2.45, 2.75) is 85.2 Å². The van der Waals surface area contributed by atoms with E-state index in [9.17, 15) is 0 Å². The fourth-order valence-corrected chi connectivity index (χ4v) is 3.20. The number of likely N-dealkylation sites (N-methyl/N-ethyl adjacent to an activating group) is 1. The van der Waals surface area contributed by atoms with Crippen molar-refractivity contribution in [1.82, 2.24) is 5.32 Å². The largest absolute Gasteiger partial charge is 0.374 e. The Hall–Kier alpha value is -0.0800. The van der Waals surface area contributed by atoms with Crippen molar-refractivity contribution < 1.29 is 4.74 Å². The molecule has 0 aromatic carbocycles. The second-order valence-electron chi connectivity index (χ2n) is 7.85. The number of rotatable bonds is 8. The van der Waals surface area contributed by atoms with Crippen LogP contribution in [0.3, 0.4) is 0 Å². The third-order valence-electron chi connectivity index (χ3n) is 4.67. The molecule has 1 aliphatic rings. The molecule has 120 valence electrons. The smallest absolute Gasteiger partial charge is 0.0806 e. The van der Waals surface area contributed by atoms with E-state index in [1.807, 2.05) is 0 Å². The summed E-state index contributed by atoms with van der Waals surface area (Å²) in [7, 11) is 0. The van der Waals surface area contributed by atoms with Crippen molar-refractivity contribution in [2.75, 3.05) is 19.7 Å². The Balaban J connectivity index is 2.46. The molecule has 2 nitrogen and oxygen atoms in total. The zero-order chi connectivity index (χ0) is 15.1. The topological polar surface area (TPSA) is 21.3 Å². The van der Waals surface area contributed by atoms with Gasteiger partial charge >= 0.3 is 0 Å². The summed E-state index contributed by atoms with van der Waals surface area (Å²) in [4.78, 5) is 0. The van der Waals surface area contributed by atoms with Crippen molar-refractivity contribution in [3.05, 3.63) is 0 Å². The fourth-order valence-electron chi connectivity index (χ4n) is 3.20. The summed E-state index contributed by atoms with van der Waals surface area (Å²) >= 11 is 0. The maximum atomic E-state index is 6.41. The van der Waals surface area contributed by atoms with Crippen molar-refractivity contribution in [1.29, 1.82) is 0 Å². The standard InChI is InChI=1S/C18H37NO/c1-6-8-16-9-11-18(12-10-16,15-19-7-2)20-14-13-17(3,4)5/h16,19H,6-15H2,1-5H3. The van der Waals surface area contributed by atoms with Gasteiger partial charge in [-0.05, 0) is 50.0 Å². The molecule has 1 rings (SSSR count). The van der Waals surface area contributed by atoms with Gasteiger partial charge in [-0.3, -0.25) is 0 Å². The summed E-state index contributed by atoms with van der Waals surface area (Å²) in [5.41, 5.74) is 0.490. The lowest BCUT2D eigenvalue weighted by Crippen LogP contribution is -2.46. The number of nitrogens with one attached hydrogen (secondary N) is 1. The summed E-state index contributed by atoms with van der Waals surface area (Å²) in [6, 6.07) is 0. The first-order chi connectivity index (χ1) is 9.41. The monoisotopic (exact) mass is 283 g/mol. The van der Waals surface area contributed by atoms with Gasteiger partial charge in [0.05, 0.1) is 5.60 Å². The first-order valence-corrected chi connectivity index (χ1v) is 8.75. The SMILES string of the molecule is CCCC1CCC(CNCC)(OCCC(C)(C)C)CC1. The van der Waals surface area contributed by atoms with E-state index in [0.29, 0.717) is 5.41 Å². The highest BCUT2D eigenvalue weighted by Crippen LogP contribution is 2.37. The zero-order valence-electron chi connectivity index (χ0n) is 14.6. The first-order valence-electron chi connectivity index (χ1n) is 8.75. The molecular formula is C18H37NO. The van der Waals surface area contributed by atoms with E-state index in [2.05, 4.69) is 39.9 Å². The molecule has 0 heterocycles. The van der Waals surface area contributed by atoms with Crippen LogP contribution in [-0.2, 0) is 4.74 Å². The van der Waals surface area contributed by atoms with Gasteiger partial charge in [-0.15, -0.1) is 0 Å². The van der Waals surface area contributed by atoms with E-state index in [4.69, 9.17) is 4.74 Å². The summed E-state index contributed by atoms with van der Waals surface area (Å²) in [5, 5.41) is 3.53. The maximum Gasteiger partial charge on any atom is 0.0806 e. The molecule has 0 amide bonds. The molecular weight excluding hydrogens is 246 g/mol. The van der Waals surface area contributed by atoms with Gasteiger partial charge in [0.2, 0.25) is 0 Å². The van der Waals surface area contributed by atoms with Gasteiger partial charge in [0.1, 0.15) is 0 Å². The van der Waals surface area contributed by atoms with Crippen LogP contribution in [0.15, 0.2) is 0 Å². The van der Waals surface area contributed by atoms with Crippen molar-refractivity contribution in [3.8, 4) is 0 Å². The average molecular weight is 284 g/mol. The normalized spacial score (nSPS) is 27.8. The predicted octanol–water partition coefficient (Wildman–Crippen LogP) is 4.78. The minimum atomic E-state index is 0.117. The summed E-state index contributed by atoms with van der Waals surface area (Å²) in [6.45, 7) is 14.4. The Morgan fingerprint density at radius 3 is 2.30 bits per heavy atom. The molecule has 1 N–H and O–H groups in total. The third kappa shape index (κ3) is 6.58. The molecule has 0 spiro atoms. The van der Waals surface area contributed by atoms with Gasteiger partial charge in [0.25, 0.3) is 0 Å². The Morgan fingerprint density at radius 1 is 1.15 bits per heavy atom. The van der Waals surface area contributed by atoms with Gasteiger partial charge in [-0.1, -0.05) is 47.5 Å². The van der Waals surface area contributed by atoms with E-state index >= 15 is 0 Å². The fraction of sp³-hybridized carbons (Fsp3) is 1.00. The van der Waals surface area contributed by atoms with Crippen LogP contribution in [0, 0.1) is 11.3 Å². The van der Waals surface area contributed by atoms with E-state index < -0.39 is 0 Å². The van der Waals surface area contributed by atoms with E-state index in [1.165, 1.54) is 38.5 Å². The molecule has 0 saturated heterocycles. The van der Waals surface area contributed by atoms with Crippen molar-refractivity contribution >= 4 is 0 Å². The molecule has 0 bridgehead atoms. The molecule has 0 radical (unpaired) electrons. The quantitative estimate of drug-likeness (QED) is 0.692. The number of ether oxygens (including phenoxy) is 1.